The van der Waals surface area contributed by atoms with Gasteiger partial charge in [-0.2, -0.15) is 4.98 Å². The van der Waals surface area contributed by atoms with Crippen LogP contribution in [-0.4, -0.2) is 16.7 Å². The van der Waals surface area contributed by atoms with E-state index < -0.39 is 0 Å². The number of hydrogen-bond acceptors (Lipinski definition) is 4. The van der Waals surface area contributed by atoms with Crippen LogP contribution in [0.2, 0.25) is 0 Å². The second-order valence-electron chi connectivity index (χ2n) is 4.91. The zero-order chi connectivity index (χ0) is 15.4. The molecular formula is C18H16N2O2. The average Bonchev–Trinajstić information content (AvgIpc) is 3.04. The molecule has 0 saturated heterocycles. The summed E-state index contributed by atoms with van der Waals surface area (Å²) < 4.78 is 10.8. The maximum Gasteiger partial charge on any atom is 0.258 e. The van der Waals surface area contributed by atoms with Crippen LogP contribution in [0.5, 0.6) is 5.75 Å². The molecule has 0 radical (unpaired) electrons. The van der Waals surface area contributed by atoms with Crippen molar-refractivity contribution < 1.29 is 9.26 Å². The Balaban J connectivity index is 1.81. The third-order valence-electron chi connectivity index (χ3n) is 3.20. The van der Waals surface area contributed by atoms with Gasteiger partial charge in [-0.1, -0.05) is 35.5 Å². The highest BCUT2D eigenvalue weighted by Crippen LogP contribution is 2.24. The first-order valence-electron chi connectivity index (χ1n) is 7.01. The monoisotopic (exact) mass is 292 g/mol. The standard InChI is InChI=1S/C18H16N2O2/c1-3-12-21-16-10-8-14(9-11-16)17-19-18(22-20-17)15-6-4-13(2)5-7-15/h3-11H,1,12H2,2H3. The summed E-state index contributed by atoms with van der Waals surface area (Å²) in [4.78, 5) is 4.44. The molecule has 1 heterocycles. The summed E-state index contributed by atoms with van der Waals surface area (Å²) in [5.41, 5.74) is 2.99. The minimum absolute atomic E-state index is 0.485. The quantitative estimate of drug-likeness (QED) is 0.659. The molecule has 0 N–H and O–H groups in total. The molecule has 22 heavy (non-hydrogen) atoms. The summed E-state index contributed by atoms with van der Waals surface area (Å²) in [5, 5.41) is 4.03. The Morgan fingerprint density at radius 1 is 1.05 bits per heavy atom. The van der Waals surface area contributed by atoms with E-state index in [2.05, 4.69) is 16.7 Å². The number of benzene rings is 2. The predicted octanol–water partition coefficient (Wildman–Crippen LogP) is 4.28. The van der Waals surface area contributed by atoms with E-state index in [0.29, 0.717) is 18.3 Å². The van der Waals surface area contributed by atoms with Gasteiger partial charge >= 0.3 is 0 Å². The molecule has 0 saturated carbocycles. The Hall–Kier alpha value is -2.88. The van der Waals surface area contributed by atoms with Crippen LogP contribution in [0.25, 0.3) is 22.8 Å². The van der Waals surface area contributed by atoms with Crippen molar-refractivity contribution in [3.63, 3.8) is 0 Å². The van der Waals surface area contributed by atoms with Crippen LogP contribution in [0.15, 0.2) is 65.7 Å². The minimum atomic E-state index is 0.485. The molecule has 0 aliphatic rings. The van der Waals surface area contributed by atoms with Crippen LogP contribution in [0, 0.1) is 6.92 Å². The van der Waals surface area contributed by atoms with Gasteiger partial charge in [-0.05, 0) is 43.3 Å². The number of aromatic nitrogens is 2. The number of rotatable bonds is 5. The third-order valence-corrected chi connectivity index (χ3v) is 3.20. The van der Waals surface area contributed by atoms with Crippen molar-refractivity contribution in [2.24, 2.45) is 0 Å². The molecular weight excluding hydrogens is 276 g/mol. The lowest BCUT2D eigenvalue weighted by atomic mass is 10.1. The second-order valence-corrected chi connectivity index (χ2v) is 4.91. The Morgan fingerprint density at radius 3 is 2.41 bits per heavy atom. The van der Waals surface area contributed by atoms with Gasteiger partial charge in [0.05, 0.1) is 0 Å². The van der Waals surface area contributed by atoms with Crippen LogP contribution >= 0.6 is 0 Å². The second kappa shape index (κ2) is 6.26. The topological polar surface area (TPSA) is 48.2 Å². The van der Waals surface area contributed by atoms with Gasteiger partial charge in [0.2, 0.25) is 5.82 Å². The van der Waals surface area contributed by atoms with Crippen LogP contribution in [-0.2, 0) is 0 Å². The zero-order valence-corrected chi connectivity index (χ0v) is 12.3. The van der Waals surface area contributed by atoms with Gasteiger partial charge in [-0.15, -0.1) is 0 Å². The van der Waals surface area contributed by atoms with Crippen LogP contribution in [0.3, 0.4) is 0 Å². The van der Waals surface area contributed by atoms with Crippen LogP contribution < -0.4 is 4.74 Å². The van der Waals surface area contributed by atoms with Crippen LogP contribution in [0.4, 0.5) is 0 Å². The fourth-order valence-electron chi connectivity index (χ4n) is 2.01. The lowest BCUT2D eigenvalue weighted by molar-refractivity contribution is 0.363. The van der Waals surface area contributed by atoms with Crippen molar-refractivity contribution in [1.82, 2.24) is 10.1 Å². The highest BCUT2D eigenvalue weighted by Gasteiger charge is 2.10. The summed E-state index contributed by atoms with van der Waals surface area (Å²) in [6.45, 7) is 6.15. The molecule has 0 fully saturated rings. The van der Waals surface area contributed by atoms with Crippen molar-refractivity contribution in [2.75, 3.05) is 6.61 Å². The molecule has 0 aliphatic carbocycles. The van der Waals surface area contributed by atoms with Crippen LogP contribution in [0.1, 0.15) is 5.56 Å². The Labute approximate surface area is 129 Å². The largest absolute Gasteiger partial charge is 0.490 e. The fourth-order valence-corrected chi connectivity index (χ4v) is 2.01. The molecule has 0 aliphatic heterocycles. The predicted molar refractivity (Wildman–Crippen MR) is 85.6 cm³/mol. The number of aryl methyl sites for hydroxylation is 1. The minimum Gasteiger partial charge on any atom is -0.490 e. The van der Waals surface area contributed by atoms with E-state index >= 15 is 0 Å². The Kier molecular flexibility index (Phi) is 4.01. The van der Waals surface area contributed by atoms with E-state index in [1.165, 1.54) is 5.56 Å². The third kappa shape index (κ3) is 3.06. The molecule has 2 aromatic carbocycles. The van der Waals surface area contributed by atoms with Gasteiger partial charge in [0.25, 0.3) is 5.89 Å². The number of ether oxygens (including phenoxy) is 1. The highest BCUT2D eigenvalue weighted by atomic mass is 16.5. The molecule has 4 heteroatoms. The first-order valence-corrected chi connectivity index (χ1v) is 7.01. The summed E-state index contributed by atoms with van der Waals surface area (Å²) in [5.74, 6) is 1.86. The molecule has 3 rings (SSSR count). The maximum absolute atomic E-state index is 5.45. The summed E-state index contributed by atoms with van der Waals surface area (Å²) >= 11 is 0. The number of nitrogens with zero attached hydrogens (tertiary/aromatic N) is 2. The molecule has 3 aromatic rings. The van der Waals surface area contributed by atoms with E-state index in [1.54, 1.807) is 6.08 Å². The first-order chi connectivity index (χ1) is 10.8. The molecule has 0 amide bonds. The number of hydrogen-bond donors (Lipinski definition) is 0. The SMILES string of the molecule is C=CCOc1ccc(-c2noc(-c3ccc(C)cc3)n2)cc1. The summed E-state index contributed by atoms with van der Waals surface area (Å²) in [6.07, 6.45) is 1.71. The van der Waals surface area contributed by atoms with E-state index in [-0.39, 0.29) is 0 Å². The van der Waals surface area contributed by atoms with Crippen molar-refractivity contribution in [3.05, 3.63) is 66.7 Å². The van der Waals surface area contributed by atoms with Crippen molar-refractivity contribution >= 4 is 0 Å². The molecule has 0 spiro atoms. The molecule has 0 atom stereocenters. The van der Waals surface area contributed by atoms with E-state index in [0.717, 1.165) is 16.9 Å². The first kappa shape index (κ1) is 14.1. The van der Waals surface area contributed by atoms with Gasteiger partial charge in [0, 0.05) is 11.1 Å². The van der Waals surface area contributed by atoms with Crippen molar-refractivity contribution in [2.45, 2.75) is 6.92 Å². The normalized spacial score (nSPS) is 10.4. The molecule has 1 aromatic heterocycles. The van der Waals surface area contributed by atoms with E-state index in [1.807, 2.05) is 55.5 Å². The smallest absolute Gasteiger partial charge is 0.258 e. The Bertz CT molecular complexity index is 759. The fraction of sp³-hybridized carbons (Fsp3) is 0.111. The van der Waals surface area contributed by atoms with Crippen molar-refractivity contribution in [1.29, 1.82) is 0 Å². The van der Waals surface area contributed by atoms with Gasteiger partial charge in [-0.25, -0.2) is 0 Å². The van der Waals surface area contributed by atoms with Gasteiger partial charge in [0.1, 0.15) is 12.4 Å². The van der Waals surface area contributed by atoms with E-state index in [9.17, 15) is 0 Å². The summed E-state index contributed by atoms with van der Waals surface area (Å²) in [6, 6.07) is 15.5. The average molecular weight is 292 g/mol. The summed E-state index contributed by atoms with van der Waals surface area (Å²) in [7, 11) is 0. The lowest BCUT2D eigenvalue weighted by Crippen LogP contribution is -1.92. The van der Waals surface area contributed by atoms with Gasteiger partial charge < -0.3 is 9.26 Å². The molecule has 110 valence electrons. The zero-order valence-electron chi connectivity index (χ0n) is 12.3. The molecule has 0 unspecified atom stereocenters. The van der Waals surface area contributed by atoms with Gasteiger partial charge in [0.15, 0.2) is 0 Å². The van der Waals surface area contributed by atoms with E-state index in [4.69, 9.17) is 9.26 Å². The Morgan fingerprint density at radius 2 is 1.73 bits per heavy atom. The molecule has 4 nitrogen and oxygen atoms in total. The molecule has 0 bridgehead atoms. The lowest BCUT2D eigenvalue weighted by Gasteiger charge is -2.02. The highest BCUT2D eigenvalue weighted by molar-refractivity contribution is 5.60. The van der Waals surface area contributed by atoms with Gasteiger partial charge in [-0.3, -0.25) is 0 Å². The maximum atomic E-state index is 5.45. The van der Waals surface area contributed by atoms with Crippen molar-refractivity contribution in [3.8, 4) is 28.6 Å².